The van der Waals surface area contributed by atoms with E-state index in [2.05, 4.69) is 15.4 Å². The van der Waals surface area contributed by atoms with E-state index < -0.39 is 5.91 Å². The molecule has 0 radical (unpaired) electrons. The molecule has 6 nitrogen and oxygen atoms in total. The lowest BCUT2D eigenvalue weighted by Gasteiger charge is -1.98. The first kappa shape index (κ1) is 15.8. The number of nitrogens with one attached hydrogen (secondary N) is 1. The van der Waals surface area contributed by atoms with E-state index in [9.17, 15) is 9.59 Å². The van der Waals surface area contributed by atoms with Crippen LogP contribution in [0.4, 0.5) is 0 Å². The van der Waals surface area contributed by atoms with Gasteiger partial charge in [-0.3, -0.25) is 9.59 Å². The Morgan fingerprint density at radius 1 is 1.20 bits per heavy atom. The maximum atomic E-state index is 12.7. The third-order valence-corrected chi connectivity index (χ3v) is 5.26. The van der Waals surface area contributed by atoms with Gasteiger partial charge in [0.1, 0.15) is 5.69 Å². The molecule has 0 saturated carbocycles. The van der Waals surface area contributed by atoms with Crippen molar-refractivity contribution in [3.63, 3.8) is 0 Å². The topological polar surface area (TPSA) is 76.3 Å². The molecule has 1 aliphatic rings. The first-order chi connectivity index (χ1) is 12.2. The second kappa shape index (κ2) is 6.66. The number of aromatic nitrogens is 2. The molecule has 1 fully saturated rings. The summed E-state index contributed by atoms with van der Waals surface area (Å²) < 4.78 is 1.67. The summed E-state index contributed by atoms with van der Waals surface area (Å²) >= 11 is 2.73. The summed E-state index contributed by atoms with van der Waals surface area (Å²) in [5, 5.41) is 9.42. The van der Waals surface area contributed by atoms with Gasteiger partial charge in [-0.2, -0.15) is 10.1 Å². The van der Waals surface area contributed by atoms with Crippen LogP contribution in [0.3, 0.4) is 0 Å². The Bertz CT molecular complexity index is 962. The predicted molar refractivity (Wildman–Crippen MR) is 99.2 cm³/mol. The third kappa shape index (κ3) is 3.26. The highest BCUT2D eigenvalue weighted by Gasteiger charge is 2.22. The van der Waals surface area contributed by atoms with Crippen LogP contribution in [0.2, 0.25) is 0 Å². The Kier molecular flexibility index (Phi) is 4.21. The average Bonchev–Trinajstić information content (AvgIpc) is 3.35. The molecule has 1 aromatic carbocycles. The number of amides is 2. The van der Waals surface area contributed by atoms with E-state index >= 15 is 0 Å². The van der Waals surface area contributed by atoms with Crippen molar-refractivity contribution in [2.75, 3.05) is 5.75 Å². The van der Waals surface area contributed by atoms with Gasteiger partial charge in [0.2, 0.25) is 5.91 Å². The van der Waals surface area contributed by atoms with Crippen LogP contribution in [-0.4, -0.2) is 32.5 Å². The number of thiophene rings is 1. The molecule has 1 N–H and O–H groups in total. The van der Waals surface area contributed by atoms with Crippen LogP contribution in [0, 0.1) is 0 Å². The van der Waals surface area contributed by atoms with Crippen molar-refractivity contribution >= 4 is 40.1 Å². The Balaban J connectivity index is 1.76. The molecule has 124 valence electrons. The summed E-state index contributed by atoms with van der Waals surface area (Å²) in [6.45, 7) is 0. The van der Waals surface area contributed by atoms with E-state index in [1.54, 1.807) is 10.9 Å². The zero-order valence-electron chi connectivity index (χ0n) is 12.9. The van der Waals surface area contributed by atoms with Crippen molar-refractivity contribution in [1.29, 1.82) is 0 Å². The largest absolute Gasteiger partial charge is 0.304 e. The van der Waals surface area contributed by atoms with Gasteiger partial charge >= 0.3 is 0 Å². The quantitative estimate of drug-likeness (QED) is 0.771. The zero-order chi connectivity index (χ0) is 17.2. The van der Waals surface area contributed by atoms with E-state index in [1.165, 1.54) is 23.1 Å². The summed E-state index contributed by atoms with van der Waals surface area (Å²) in [5.41, 5.74) is 1.85. The maximum absolute atomic E-state index is 12.7. The molecule has 0 aliphatic carbocycles. The number of amidine groups is 1. The first-order valence-electron chi connectivity index (χ1n) is 7.45. The molecule has 3 aromatic rings. The minimum atomic E-state index is -0.421. The van der Waals surface area contributed by atoms with Gasteiger partial charge in [-0.15, -0.1) is 11.3 Å². The molecule has 0 unspecified atom stereocenters. The van der Waals surface area contributed by atoms with Crippen LogP contribution in [0.1, 0.15) is 10.4 Å². The monoisotopic (exact) mass is 368 g/mol. The highest BCUT2D eigenvalue weighted by molar-refractivity contribution is 8.15. The Labute approximate surface area is 151 Å². The highest BCUT2D eigenvalue weighted by Crippen LogP contribution is 2.28. The van der Waals surface area contributed by atoms with E-state index in [-0.39, 0.29) is 11.7 Å². The van der Waals surface area contributed by atoms with Crippen LogP contribution in [-0.2, 0) is 4.79 Å². The molecule has 1 saturated heterocycles. The molecule has 0 atom stereocenters. The Hall–Kier alpha value is -2.71. The van der Waals surface area contributed by atoms with Gasteiger partial charge in [0.15, 0.2) is 5.17 Å². The minimum Gasteiger partial charge on any atom is -0.304 e. The fourth-order valence-electron chi connectivity index (χ4n) is 2.38. The lowest BCUT2D eigenvalue weighted by atomic mass is 10.2. The molecule has 0 spiro atoms. The fraction of sp³-hybridized carbons (Fsp3) is 0.0588. The van der Waals surface area contributed by atoms with E-state index in [4.69, 9.17) is 0 Å². The predicted octanol–water partition coefficient (Wildman–Crippen LogP) is 2.96. The number of thioether (sulfide) groups is 1. The van der Waals surface area contributed by atoms with Crippen LogP contribution in [0.25, 0.3) is 16.3 Å². The van der Waals surface area contributed by atoms with Crippen molar-refractivity contribution in [3.8, 4) is 16.3 Å². The summed E-state index contributed by atoms with van der Waals surface area (Å²) in [6.07, 6.45) is 1.68. The Morgan fingerprint density at radius 3 is 2.72 bits per heavy atom. The summed E-state index contributed by atoms with van der Waals surface area (Å²) in [6, 6.07) is 13.4. The van der Waals surface area contributed by atoms with Crippen LogP contribution >= 0.6 is 23.1 Å². The summed E-state index contributed by atoms with van der Waals surface area (Å²) in [4.78, 5) is 28.9. The molecule has 8 heteroatoms. The number of rotatable bonds is 3. The van der Waals surface area contributed by atoms with E-state index in [0.717, 1.165) is 10.6 Å². The van der Waals surface area contributed by atoms with Crippen LogP contribution in [0.5, 0.6) is 0 Å². The lowest BCUT2D eigenvalue weighted by molar-refractivity contribution is -0.116. The van der Waals surface area contributed by atoms with Gasteiger partial charge in [-0.05, 0) is 23.6 Å². The number of aliphatic imine (C=N–C) groups is 1. The van der Waals surface area contributed by atoms with Gasteiger partial charge < -0.3 is 5.32 Å². The maximum Gasteiger partial charge on any atom is 0.283 e. The standard InChI is InChI=1S/C17H12N4O2S2/c22-14-10-25-17(18-14)19-16(23)12-9-21(11-5-2-1-3-6-11)20-15(12)13-7-4-8-24-13/h1-9H,10H2,(H,18,19,22,23). The highest BCUT2D eigenvalue weighted by atomic mass is 32.2. The van der Waals surface area contributed by atoms with Crippen molar-refractivity contribution in [2.45, 2.75) is 0 Å². The van der Waals surface area contributed by atoms with Crippen LogP contribution < -0.4 is 5.32 Å². The first-order valence-corrected chi connectivity index (χ1v) is 9.32. The molecular formula is C17H12N4O2S2. The van der Waals surface area contributed by atoms with Gasteiger partial charge in [-0.25, -0.2) is 4.68 Å². The Morgan fingerprint density at radius 2 is 2.04 bits per heavy atom. The SMILES string of the molecule is O=C1CSC(=NC(=O)c2cn(-c3ccccc3)nc2-c2cccs2)N1. The zero-order valence-corrected chi connectivity index (χ0v) is 14.5. The number of carbonyl (C=O) groups excluding carboxylic acids is 2. The van der Waals surface area contributed by atoms with Gasteiger partial charge in [-0.1, -0.05) is 36.0 Å². The van der Waals surface area contributed by atoms with Gasteiger partial charge in [0.25, 0.3) is 5.91 Å². The van der Waals surface area contributed by atoms with Crippen molar-refractivity contribution in [2.24, 2.45) is 4.99 Å². The number of hydrogen-bond acceptors (Lipinski definition) is 5. The number of carbonyl (C=O) groups is 2. The number of hydrogen-bond donors (Lipinski definition) is 1. The van der Waals surface area contributed by atoms with E-state index in [1.807, 2.05) is 47.8 Å². The molecule has 3 heterocycles. The summed E-state index contributed by atoms with van der Waals surface area (Å²) in [7, 11) is 0. The van der Waals surface area contributed by atoms with Crippen LogP contribution in [0.15, 0.2) is 59.0 Å². The van der Waals surface area contributed by atoms with Crippen molar-refractivity contribution in [3.05, 3.63) is 59.6 Å². The molecular weight excluding hydrogens is 356 g/mol. The summed E-state index contributed by atoms with van der Waals surface area (Å²) in [5.74, 6) is -0.280. The van der Waals surface area contributed by atoms with Gasteiger partial charge in [0, 0.05) is 6.20 Å². The fourth-order valence-corrected chi connectivity index (χ4v) is 3.77. The molecule has 2 aromatic heterocycles. The average molecular weight is 368 g/mol. The number of nitrogens with zero attached hydrogens (tertiary/aromatic N) is 3. The molecule has 4 rings (SSSR count). The van der Waals surface area contributed by atoms with Crippen molar-refractivity contribution in [1.82, 2.24) is 15.1 Å². The number of benzene rings is 1. The second-order valence-electron chi connectivity index (χ2n) is 5.21. The normalized spacial score (nSPS) is 15.5. The minimum absolute atomic E-state index is 0.144. The molecule has 25 heavy (non-hydrogen) atoms. The van der Waals surface area contributed by atoms with Crippen molar-refractivity contribution < 1.29 is 9.59 Å². The van der Waals surface area contributed by atoms with E-state index in [0.29, 0.717) is 16.4 Å². The number of para-hydroxylation sites is 1. The van der Waals surface area contributed by atoms with Gasteiger partial charge in [0.05, 0.1) is 21.9 Å². The smallest absolute Gasteiger partial charge is 0.283 e. The molecule has 0 bridgehead atoms. The third-order valence-electron chi connectivity index (χ3n) is 3.51. The molecule has 2 amide bonds. The molecule has 1 aliphatic heterocycles. The lowest BCUT2D eigenvalue weighted by Crippen LogP contribution is -2.21. The second-order valence-corrected chi connectivity index (χ2v) is 7.12.